The molecular weight excluding hydrogens is 397 g/mol. The van der Waals surface area contributed by atoms with Gasteiger partial charge in [0.1, 0.15) is 12.4 Å². The Hall–Kier alpha value is -2.69. The van der Waals surface area contributed by atoms with Gasteiger partial charge in [-0.1, -0.05) is 41.4 Å². The van der Waals surface area contributed by atoms with Crippen LogP contribution in [0.4, 0.5) is 5.69 Å². The first-order valence-corrected chi connectivity index (χ1v) is 9.41. The zero-order chi connectivity index (χ0) is 20.1. The van der Waals surface area contributed by atoms with E-state index in [0.717, 1.165) is 28.1 Å². The van der Waals surface area contributed by atoms with Gasteiger partial charge < -0.3 is 15.2 Å². The summed E-state index contributed by atoms with van der Waals surface area (Å²) in [5, 5.41) is 13.5. The van der Waals surface area contributed by atoms with Crippen molar-refractivity contribution in [3.8, 4) is 5.75 Å². The SMILES string of the molecule is Cc1cc(C(=O)O)ccc1NCc1cccc(OCc2ccc(Cl)cc2Cl)c1. The molecule has 0 unspecified atom stereocenters. The lowest BCUT2D eigenvalue weighted by atomic mass is 10.1. The molecule has 144 valence electrons. The quantitative estimate of drug-likeness (QED) is 0.482. The molecule has 28 heavy (non-hydrogen) atoms. The predicted molar refractivity (Wildman–Crippen MR) is 113 cm³/mol. The highest BCUT2D eigenvalue weighted by Crippen LogP contribution is 2.24. The molecule has 0 radical (unpaired) electrons. The summed E-state index contributed by atoms with van der Waals surface area (Å²) in [7, 11) is 0. The van der Waals surface area contributed by atoms with E-state index in [-0.39, 0.29) is 5.56 Å². The standard InChI is InChI=1S/C22H19Cl2NO3/c1-14-9-16(22(26)27)6-8-21(14)25-12-15-3-2-4-19(10-15)28-13-17-5-7-18(23)11-20(17)24/h2-11,25H,12-13H2,1H3,(H,26,27). The van der Waals surface area contributed by atoms with E-state index in [2.05, 4.69) is 5.32 Å². The Labute approximate surface area is 173 Å². The average molecular weight is 416 g/mol. The van der Waals surface area contributed by atoms with Crippen molar-refractivity contribution in [1.29, 1.82) is 0 Å². The molecule has 0 aliphatic carbocycles. The van der Waals surface area contributed by atoms with Crippen LogP contribution in [0.15, 0.2) is 60.7 Å². The van der Waals surface area contributed by atoms with Gasteiger partial charge in [0.05, 0.1) is 5.56 Å². The van der Waals surface area contributed by atoms with E-state index in [1.807, 2.05) is 37.3 Å². The van der Waals surface area contributed by atoms with Crippen LogP contribution in [0.25, 0.3) is 0 Å². The Kier molecular flexibility index (Phi) is 6.45. The molecule has 0 aliphatic heterocycles. The molecule has 0 fully saturated rings. The number of carboxylic acids is 1. The van der Waals surface area contributed by atoms with Crippen LogP contribution in [-0.2, 0) is 13.2 Å². The molecule has 4 nitrogen and oxygen atoms in total. The van der Waals surface area contributed by atoms with Crippen molar-refractivity contribution in [2.24, 2.45) is 0 Å². The molecular formula is C22H19Cl2NO3. The molecule has 6 heteroatoms. The Morgan fingerprint density at radius 3 is 2.61 bits per heavy atom. The molecule has 0 saturated carbocycles. The van der Waals surface area contributed by atoms with Gasteiger partial charge in [-0.3, -0.25) is 0 Å². The van der Waals surface area contributed by atoms with Gasteiger partial charge in [0.2, 0.25) is 0 Å². The minimum atomic E-state index is -0.930. The third kappa shape index (κ3) is 5.18. The first-order valence-electron chi connectivity index (χ1n) is 8.66. The number of nitrogens with one attached hydrogen (secondary N) is 1. The van der Waals surface area contributed by atoms with Crippen molar-refractivity contribution in [2.75, 3.05) is 5.32 Å². The Morgan fingerprint density at radius 2 is 1.89 bits per heavy atom. The summed E-state index contributed by atoms with van der Waals surface area (Å²) in [5.74, 6) is -0.191. The third-order valence-corrected chi connectivity index (χ3v) is 4.85. The van der Waals surface area contributed by atoms with Gasteiger partial charge in [-0.25, -0.2) is 4.79 Å². The predicted octanol–water partition coefficient (Wildman–Crippen LogP) is 6.19. The number of aryl methyl sites for hydroxylation is 1. The molecule has 0 spiro atoms. The van der Waals surface area contributed by atoms with Gasteiger partial charge >= 0.3 is 5.97 Å². The second-order valence-electron chi connectivity index (χ2n) is 6.36. The molecule has 0 saturated heterocycles. The van der Waals surface area contributed by atoms with E-state index in [9.17, 15) is 4.79 Å². The largest absolute Gasteiger partial charge is 0.489 e. The van der Waals surface area contributed by atoms with E-state index in [4.69, 9.17) is 33.0 Å². The Morgan fingerprint density at radius 1 is 1.07 bits per heavy atom. The molecule has 0 atom stereocenters. The summed E-state index contributed by atoms with van der Waals surface area (Å²) >= 11 is 12.1. The van der Waals surface area contributed by atoms with Crippen LogP contribution in [0, 0.1) is 6.92 Å². The molecule has 0 bridgehead atoms. The number of benzene rings is 3. The van der Waals surface area contributed by atoms with Crippen molar-refractivity contribution in [3.63, 3.8) is 0 Å². The van der Waals surface area contributed by atoms with Crippen LogP contribution in [0.1, 0.15) is 27.0 Å². The maximum atomic E-state index is 11.0. The van der Waals surface area contributed by atoms with Crippen molar-refractivity contribution >= 4 is 34.9 Å². The number of hydrogen-bond donors (Lipinski definition) is 2. The smallest absolute Gasteiger partial charge is 0.335 e. The van der Waals surface area contributed by atoms with Crippen molar-refractivity contribution in [2.45, 2.75) is 20.1 Å². The van der Waals surface area contributed by atoms with Crippen LogP contribution in [0.2, 0.25) is 10.0 Å². The molecule has 3 aromatic carbocycles. The lowest BCUT2D eigenvalue weighted by molar-refractivity contribution is 0.0697. The number of ether oxygens (including phenoxy) is 1. The Bertz CT molecular complexity index is 1000. The minimum Gasteiger partial charge on any atom is -0.489 e. The third-order valence-electron chi connectivity index (χ3n) is 4.26. The number of anilines is 1. The summed E-state index contributed by atoms with van der Waals surface area (Å²) < 4.78 is 5.85. The van der Waals surface area contributed by atoms with Crippen LogP contribution in [0.5, 0.6) is 5.75 Å². The van der Waals surface area contributed by atoms with Gasteiger partial charge in [0, 0.05) is 27.8 Å². The summed E-state index contributed by atoms with van der Waals surface area (Å²) in [6, 6.07) is 18.1. The molecule has 0 amide bonds. The highest BCUT2D eigenvalue weighted by Gasteiger charge is 2.06. The summed E-state index contributed by atoms with van der Waals surface area (Å²) in [4.78, 5) is 11.0. The molecule has 0 heterocycles. The van der Waals surface area contributed by atoms with Crippen molar-refractivity contribution in [3.05, 3.63) is 93.0 Å². The van der Waals surface area contributed by atoms with Gasteiger partial charge in [0.15, 0.2) is 0 Å². The zero-order valence-corrected chi connectivity index (χ0v) is 16.7. The summed E-state index contributed by atoms with van der Waals surface area (Å²) in [6.45, 7) is 2.82. The van der Waals surface area contributed by atoms with Crippen molar-refractivity contribution < 1.29 is 14.6 Å². The van der Waals surface area contributed by atoms with E-state index in [1.54, 1.807) is 30.3 Å². The van der Waals surface area contributed by atoms with Crippen LogP contribution in [-0.4, -0.2) is 11.1 Å². The normalized spacial score (nSPS) is 10.5. The fraction of sp³-hybridized carbons (Fsp3) is 0.136. The lowest BCUT2D eigenvalue weighted by Crippen LogP contribution is -2.03. The molecule has 3 rings (SSSR count). The summed E-state index contributed by atoms with van der Waals surface area (Å²) in [6.07, 6.45) is 0. The fourth-order valence-electron chi connectivity index (χ4n) is 2.74. The van der Waals surface area contributed by atoms with E-state index in [1.165, 1.54) is 0 Å². The summed E-state index contributed by atoms with van der Waals surface area (Å²) in [5.41, 5.74) is 3.96. The molecule has 2 N–H and O–H groups in total. The van der Waals surface area contributed by atoms with Gasteiger partial charge in [-0.15, -0.1) is 0 Å². The monoisotopic (exact) mass is 415 g/mol. The molecule has 0 aliphatic rings. The minimum absolute atomic E-state index is 0.277. The zero-order valence-electron chi connectivity index (χ0n) is 15.2. The lowest BCUT2D eigenvalue weighted by Gasteiger charge is -2.12. The second kappa shape index (κ2) is 9.00. The number of aromatic carboxylic acids is 1. The molecule has 3 aromatic rings. The van der Waals surface area contributed by atoms with Gasteiger partial charge in [-0.2, -0.15) is 0 Å². The average Bonchev–Trinajstić information content (AvgIpc) is 2.66. The molecule has 0 aromatic heterocycles. The number of halogens is 2. The first-order chi connectivity index (χ1) is 13.4. The maximum Gasteiger partial charge on any atom is 0.335 e. The van der Waals surface area contributed by atoms with Crippen LogP contribution in [0.3, 0.4) is 0 Å². The topological polar surface area (TPSA) is 58.6 Å². The first kappa shape index (κ1) is 20.1. The van der Waals surface area contributed by atoms with E-state index < -0.39 is 5.97 Å². The van der Waals surface area contributed by atoms with E-state index in [0.29, 0.717) is 23.2 Å². The number of carbonyl (C=O) groups is 1. The fourth-order valence-corrected chi connectivity index (χ4v) is 3.20. The number of hydrogen-bond acceptors (Lipinski definition) is 3. The van der Waals surface area contributed by atoms with Gasteiger partial charge in [0.25, 0.3) is 0 Å². The second-order valence-corrected chi connectivity index (χ2v) is 7.20. The Balaban J connectivity index is 1.62. The van der Waals surface area contributed by atoms with Crippen LogP contribution < -0.4 is 10.1 Å². The maximum absolute atomic E-state index is 11.0. The number of rotatable bonds is 7. The highest BCUT2D eigenvalue weighted by atomic mass is 35.5. The van der Waals surface area contributed by atoms with Crippen molar-refractivity contribution in [1.82, 2.24) is 0 Å². The van der Waals surface area contributed by atoms with Crippen LogP contribution >= 0.6 is 23.2 Å². The highest BCUT2D eigenvalue weighted by molar-refractivity contribution is 6.35. The number of carboxylic acid groups (broad SMARTS) is 1. The van der Waals surface area contributed by atoms with Gasteiger partial charge in [-0.05, 0) is 60.5 Å². The van der Waals surface area contributed by atoms with E-state index >= 15 is 0 Å².